The molecule has 1 aliphatic carbocycles. The van der Waals surface area contributed by atoms with E-state index in [1.165, 1.54) is 30.4 Å². The van der Waals surface area contributed by atoms with Gasteiger partial charge in [0.2, 0.25) is 5.90 Å². The van der Waals surface area contributed by atoms with E-state index in [9.17, 15) is 0 Å². The Balaban J connectivity index is 1.73. The Morgan fingerprint density at radius 2 is 1.86 bits per heavy atom. The number of rotatable bonds is 6. The Morgan fingerprint density at radius 3 is 2.59 bits per heavy atom. The van der Waals surface area contributed by atoms with E-state index in [0.29, 0.717) is 18.9 Å². The summed E-state index contributed by atoms with van der Waals surface area (Å²) in [5.74, 6) is 6.58. The average Bonchev–Trinajstić information content (AvgIpc) is 2.73. The predicted molar refractivity (Wildman–Crippen MR) is 122 cm³/mol. The van der Waals surface area contributed by atoms with Gasteiger partial charge in [0.25, 0.3) is 0 Å². The molecule has 0 saturated heterocycles. The first-order valence-electron chi connectivity index (χ1n) is 10.4. The molecule has 5 heteroatoms. The van der Waals surface area contributed by atoms with E-state index in [2.05, 4.69) is 41.4 Å². The van der Waals surface area contributed by atoms with Crippen LogP contribution in [0.1, 0.15) is 60.9 Å². The highest BCUT2D eigenvalue weighted by atomic mass is 16.5. The van der Waals surface area contributed by atoms with E-state index in [4.69, 9.17) is 10.6 Å². The highest BCUT2D eigenvalue weighted by Crippen LogP contribution is 2.23. The molecule has 0 saturated carbocycles. The van der Waals surface area contributed by atoms with Gasteiger partial charge in [-0.3, -0.25) is 0 Å². The van der Waals surface area contributed by atoms with Crippen LogP contribution >= 0.6 is 0 Å². The van der Waals surface area contributed by atoms with Crippen LogP contribution in [0.15, 0.2) is 46.6 Å². The molecule has 1 aliphatic rings. The van der Waals surface area contributed by atoms with E-state index in [1.54, 1.807) is 5.01 Å². The lowest BCUT2D eigenvalue weighted by molar-refractivity contribution is 0.283. The molecule has 0 amide bonds. The maximum atomic E-state index is 5.99. The Labute approximate surface area is 174 Å². The summed E-state index contributed by atoms with van der Waals surface area (Å²) >= 11 is 0. The van der Waals surface area contributed by atoms with Crippen molar-refractivity contribution < 1.29 is 4.74 Å². The first-order valence-corrected chi connectivity index (χ1v) is 10.4. The number of anilines is 1. The van der Waals surface area contributed by atoms with Gasteiger partial charge in [0.05, 0.1) is 11.4 Å². The zero-order valence-electron chi connectivity index (χ0n) is 18.0. The largest absolute Gasteiger partial charge is 0.475 e. The highest BCUT2D eigenvalue weighted by Gasteiger charge is 2.11. The summed E-state index contributed by atoms with van der Waals surface area (Å²) in [5, 5.41) is 10.5. The Morgan fingerprint density at radius 1 is 1.10 bits per heavy atom. The van der Waals surface area contributed by atoms with Crippen LogP contribution in [-0.4, -0.2) is 18.7 Å². The molecule has 0 radical (unpaired) electrons. The van der Waals surface area contributed by atoms with E-state index >= 15 is 0 Å². The number of ether oxygens (including phenoxy) is 1. The average molecular weight is 393 g/mol. The molecule has 0 heterocycles. The molecule has 3 rings (SSSR count). The molecule has 0 unspecified atom stereocenters. The third kappa shape index (κ3) is 5.24. The molecule has 2 aromatic carbocycles. The zero-order valence-corrected chi connectivity index (χ0v) is 18.0. The Bertz CT molecular complexity index is 915. The van der Waals surface area contributed by atoms with Crippen molar-refractivity contribution in [2.75, 3.05) is 12.1 Å². The fourth-order valence-corrected chi connectivity index (χ4v) is 3.71. The molecule has 5 nitrogen and oxygen atoms in total. The summed E-state index contributed by atoms with van der Waals surface area (Å²) in [6, 6.07) is 12.7. The fraction of sp³-hybridized carbons (Fsp3) is 0.417. The van der Waals surface area contributed by atoms with Crippen LogP contribution in [0.25, 0.3) is 0 Å². The summed E-state index contributed by atoms with van der Waals surface area (Å²) in [5.41, 5.74) is 8.14. The highest BCUT2D eigenvalue weighted by molar-refractivity contribution is 5.99. The van der Waals surface area contributed by atoms with Crippen molar-refractivity contribution in [1.82, 2.24) is 0 Å². The smallest absolute Gasteiger partial charge is 0.208 e. The molecule has 0 spiro atoms. The number of hydrogen-bond acceptors (Lipinski definition) is 5. The predicted octanol–water partition coefficient (Wildman–Crippen LogP) is 4.93. The van der Waals surface area contributed by atoms with Gasteiger partial charge in [-0.15, -0.1) is 5.10 Å². The van der Waals surface area contributed by atoms with Gasteiger partial charge in [0, 0.05) is 19.0 Å². The van der Waals surface area contributed by atoms with E-state index in [1.807, 2.05) is 33.0 Å². The number of hydrogen-bond donors (Lipinski definition) is 1. The molecule has 0 atom stereocenters. The molecule has 2 aromatic rings. The minimum Gasteiger partial charge on any atom is -0.475 e. The van der Waals surface area contributed by atoms with Crippen LogP contribution in [0.2, 0.25) is 0 Å². The molecular formula is C24H32N4O. The minimum absolute atomic E-state index is 0.420. The second-order valence-corrected chi connectivity index (χ2v) is 7.70. The van der Waals surface area contributed by atoms with Crippen LogP contribution < -0.4 is 10.9 Å². The monoisotopic (exact) mass is 392 g/mol. The van der Waals surface area contributed by atoms with E-state index in [-0.39, 0.29) is 0 Å². The third-order valence-electron chi connectivity index (χ3n) is 5.53. The van der Waals surface area contributed by atoms with Crippen LogP contribution in [-0.2, 0) is 24.2 Å². The molecule has 0 fully saturated rings. The molecule has 154 valence electrons. The van der Waals surface area contributed by atoms with Gasteiger partial charge in [0.1, 0.15) is 6.61 Å². The Kier molecular flexibility index (Phi) is 7.04. The normalized spacial score (nSPS) is 14.5. The van der Waals surface area contributed by atoms with Gasteiger partial charge in [-0.05, 0) is 73.9 Å². The topological polar surface area (TPSA) is 63.2 Å². The van der Waals surface area contributed by atoms with Gasteiger partial charge in [0.15, 0.2) is 0 Å². The van der Waals surface area contributed by atoms with Crippen molar-refractivity contribution in [3.63, 3.8) is 0 Å². The maximum Gasteiger partial charge on any atom is 0.208 e. The van der Waals surface area contributed by atoms with Crippen molar-refractivity contribution in [2.24, 2.45) is 16.0 Å². The lowest BCUT2D eigenvalue weighted by atomic mass is 9.90. The quantitative estimate of drug-likeness (QED) is 0.328. The molecule has 0 bridgehead atoms. The molecule has 29 heavy (non-hydrogen) atoms. The maximum absolute atomic E-state index is 5.99. The first kappa shape index (κ1) is 21.1. The zero-order chi connectivity index (χ0) is 20.8. The van der Waals surface area contributed by atoms with Crippen molar-refractivity contribution in [3.8, 4) is 0 Å². The minimum atomic E-state index is 0.420. The van der Waals surface area contributed by atoms with Crippen LogP contribution in [0.5, 0.6) is 0 Å². The lowest BCUT2D eigenvalue weighted by Crippen LogP contribution is -2.26. The second-order valence-electron chi connectivity index (χ2n) is 7.70. The number of nitrogens with two attached hydrogens (primary N) is 1. The standard InChI is InChI=1S/C24H32N4O/c1-5-24(29-16-22-17(2)9-8-12-23(22)28(4)25)27-26-18(3)20-14-13-19-10-6-7-11-21(19)15-20/h8-9,12-15H,5-7,10-11,16,25H2,1-4H3. The van der Waals surface area contributed by atoms with Crippen molar-refractivity contribution >= 4 is 17.3 Å². The molecular weight excluding hydrogens is 360 g/mol. The summed E-state index contributed by atoms with van der Waals surface area (Å²) < 4.78 is 5.99. The fourth-order valence-electron chi connectivity index (χ4n) is 3.71. The summed E-state index contributed by atoms with van der Waals surface area (Å²) in [6.07, 6.45) is 5.61. The van der Waals surface area contributed by atoms with Gasteiger partial charge >= 0.3 is 0 Å². The van der Waals surface area contributed by atoms with E-state index < -0.39 is 0 Å². The number of benzene rings is 2. The SMILES string of the molecule is CCC(=NN=C(C)c1ccc2c(c1)CCCC2)OCc1c(C)cccc1N(C)N. The lowest BCUT2D eigenvalue weighted by Gasteiger charge is -2.19. The molecule has 2 N–H and O–H groups in total. The molecule has 0 aromatic heterocycles. The van der Waals surface area contributed by atoms with Crippen LogP contribution in [0.4, 0.5) is 5.69 Å². The van der Waals surface area contributed by atoms with Gasteiger partial charge in [-0.25, -0.2) is 5.84 Å². The first-order chi connectivity index (χ1) is 14.0. The van der Waals surface area contributed by atoms with Crippen molar-refractivity contribution in [3.05, 3.63) is 64.2 Å². The van der Waals surface area contributed by atoms with E-state index in [0.717, 1.165) is 34.5 Å². The van der Waals surface area contributed by atoms with Crippen LogP contribution in [0, 0.1) is 6.92 Å². The number of aryl methyl sites for hydroxylation is 3. The number of nitrogens with zero attached hydrogens (tertiary/aromatic N) is 3. The van der Waals surface area contributed by atoms with Gasteiger partial charge < -0.3 is 9.75 Å². The summed E-state index contributed by atoms with van der Waals surface area (Å²) in [7, 11) is 1.83. The summed E-state index contributed by atoms with van der Waals surface area (Å²) in [4.78, 5) is 0. The second kappa shape index (κ2) is 9.70. The summed E-state index contributed by atoms with van der Waals surface area (Å²) in [6.45, 7) is 6.51. The number of fused-ring (bicyclic) bond motifs is 1. The van der Waals surface area contributed by atoms with Gasteiger partial charge in [-0.1, -0.05) is 31.2 Å². The van der Waals surface area contributed by atoms with Gasteiger partial charge in [-0.2, -0.15) is 5.10 Å². The number of hydrazine groups is 1. The third-order valence-corrected chi connectivity index (χ3v) is 5.53. The van der Waals surface area contributed by atoms with Crippen LogP contribution in [0.3, 0.4) is 0 Å². The Hall–Kier alpha value is -2.66. The van der Waals surface area contributed by atoms with Crippen molar-refractivity contribution in [1.29, 1.82) is 0 Å². The molecule has 0 aliphatic heterocycles. The van der Waals surface area contributed by atoms with Crippen molar-refractivity contribution in [2.45, 2.75) is 59.5 Å².